The monoisotopic (exact) mass is 371 g/mol. The number of piperazine rings is 1. The molecule has 1 aromatic carbocycles. The van der Waals surface area contributed by atoms with Gasteiger partial charge in [0.1, 0.15) is 11.6 Å². The third-order valence-electron chi connectivity index (χ3n) is 4.66. The van der Waals surface area contributed by atoms with Crippen molar-refractivity contribution < 1.29 is 0 Å². The SMILES string of the molecule is Cc1cc(Nc2ccc(C#N)cc2)nc(N2CCN(c3ccccn3)CC2)n1. The molecule has 7 nitrogen and oxygen atoms in total. The van der Waals surface area contributed by atoms with Crippen LogP contribution in [0.3, 0.4) is 0 Å². The van der Waals surface area contributed by atoms with Gasteiger partial charge < -0.3 is 15.1 Å². The van der Waals surface area contributed by atoms with Crippen molar-refractivity contribution in [2.75, 3.05) is 41.3 Å². The van der Waals surface area contributed by atoms with E-state index in [4.69, 9.17) is 10.2 Å². The Kier molecular flexibility index (Phi) is 5.02. The maximum Gasteiger partial charge on any atom is 0.227 e. The van der Waals surface area contributed by atoms with Crippen molar-refractivity contribution in [2.45, 2.75) is 6.92 Å². The predicted molar refractivity (Wildman–Crippen MR) is 110 cm³/mol. The zero-order valence-electron chi connectivity index (χ0n) is 15.7. The molecular formula is C21H21N7. The molecule has 0 atom stereocenters. The summed E-state index contributed by atoms with van der Waals surface area (Å²) in [5.41, 5.74) is 2.44. The van der Waals surface area contributed by atoms with Crippen LogP contribution in [-0.4, -0.2) is 41.1 Å². The molecule has 4 rings (SSSR count). The average molecular weight is 371 g/mol. The Morgan fingerprint density at radius 1 is 0.964 bits per heavy atom. The van der Waals surface area contributed by atoms with Gasteiger partial charge in [0.05, 0.1) is 11.6 Å². The first-order valence-electron chi connectivity index (χ1n) is 9.25. The molecule has 3 aromatic rings. The Bertz CT molecular complexity index is 972. The summed E-state index contributed by atoms with van der Waals surface area (Å²) in [7, 11) is 0. The summed E-state index contributed by atoms with van der Waals surface area (Å²) in [6.45, 7) is 5.42. The van der Waals surface area contributed by atoms with E-state index in [0.717, 1.165) is 55.1 Å². The van der Waals surface area contributed by atoms with Crippen LogP contribution < -0.4 is 15.1 Å². The highest BCUT2D eigenvalue weighted by Gasteiger charge is 2.20. The van der Waals surface area contributed by atoms with Crippen molar-refractivity contribution in [1.82, 2.24) is 15.0 Å². The van der Waals surface area contributed by atoms with Gasteiger partial charge in [0.25, 0.3) is 0 Å². The number of aromatic nitrogens is 3. The van der Waals surface area contributed by atoms with Gasteiger partial charge in [-0.15, -0.1) is 0 Å². The topological polar surface area (TPSA) is 81.0 Å². The second kappa shape index (κ2) is 7.92. The highest BCUT2D eigenvalue weighted by molar-refractivity contribution is 5.59. The van der Waals surface area contributed by atoms with Crippen LogP contribution in [0.2, 0.25) is 0 Å². The molecule has 1 aliphatic heterocycles. The molecule has 0 radical (unpaired) electrons. The van der Waals surface area contributed by atoms with E-state index in [1.54, 1.807) is 12.1 Å². The number of aryl methyl sites for hydroxylation is 1. The van der Waals surface area contributed by atoms with Gasteiger partial charge in [0, 0.05) is 49.8 Å². The molecule has 3 heterocycles. The fraction of sp³-hybridized carbons (Fsp3) is 0.238. The molecule has 0 saturated carbocycles. The number of nitrogens with one attached hydrogen (secondary N) is 1. The first-order chi connectivity index (χ1) is 13.7. The number of hydrogen-bond donors (Lipinski definition) is 1. The standard InChI is InChI=1S/C21H21N7/c1-16-14-19(25-18-7-5-17(15-22)6-8-18)26-21(24-16)28-12-10-27(11-13-28)20-4-2-3-9-23-20/h2-9,14H,10-13H2,1H3,(H,24,25,26). The van der Waals surface area contributed by atoms with E-state index in [1.165, 1.54) is 0 Å². The minimum absolute atomic E-state index is 0.635. The summed E-state index contributed by atoms with van der Waals surface area (Å²) in [6, 6.07) is 17.4. The number of rotatable bonds is 4. The average Bonchev–Trinajstić information content (AvgIpc) is 2.75. The van der Waals surface area contributed by atoms with Crippen molar-refractivity contribution in [3.8, 4) is 6.07 Å². The fourth-order valence-corrected chi connectivity index (χ4v) is 3.21. The quantitative estimate of drug-likeness (QED) is 0.754. The Labute approximate surface area is 164 Å². The van der Waals surface area contributed by atoms with E-state index >= 15 is 0 Å². The van der Waals surface area contributed by atoms with Crippen LogP contribution in [0.4, 0.5) is 23.3 Å². The van der Waals surface area contributed by atoms with Gasteiger partial charge in [0.2, 0.25) is 5.95 Å². The van der Waals surface area contributed by atoms with E-state index in [0.29, 0.717) is 5.56 Å². The van der Waals surface area contributed by atoms with Gasteiger partial charge in [-0.1, -0.05) is 6.07 Å². The van der Waals surface area contributed by atoms with Gasteiger partial charge in [-0.2, -0.15) is 10.2 Å². The molecule has 1 N–H and O–H groups in total. The first-order valence-corrected chi connectivity index (χ1v) is 9.25. The van der Waals surface area contributed by atoms with Crippen LogP contribution in [0, 0.1) is 18.3 Å². The van der Waals surface area contributed by atoms with Crippen molar-refractivity contribution in [3.63, 3.8) is 0 Å². The fourth-order valence-electron chi connectivity index (χ4n) is 3.21. The molecule has 140 valence electrons. The summed E-state index contributed by atoms with van der Waals surface area (Å²) in [6.07, 6.45) is 1.83. The molecule has 0 amide bonds. The Morgan fingerprint density at radius 2 is 1.71 bits per heavy atom. The van der Waals surface area contributed by atoms with Gasteiger partial charge in [-0.05, 0) is 43.3 Å². The largest absolute Gasteiger partial charge is 0.353 e. The molecular weight excluding hydrogens is 350 g/mol. The normalized spacial score (nSPS) is 13.9. The molecule has 1 aliphatic rings. The minimum atomic E-state index is 0.635. The molecule has 0 bridgehead atoms. The zero-order chi connectivity index (χ0) is 19.3. The van der Waals surface area contributed by atoms with E-state index in [2.05, 4.69) is 31.2 Å². The third kappa shape index (κ3) is 4.01. The summed E-state index contributed by atoms with van der Waals surface area (Å²) >= 11 is 0. The summed E-state index contributed by atoms with van der Waals surface area (Å²) < 4.78 is 0. The van der Waals surface area contributed by atoms with E-state index in [-0.39, 0.29) is 0 Å². The number of pyridine rings is 1. The molecule has 0 spiro atoms. The number of hydrogen-bond acceptors (Lipinski definition) is 7. The van der Waals surface area contributed by atoms with Gasteiger partial charge >= 0.3 is 0 Å². The molecule has 7 heteroatoms. The molecule has 2 aromatic heterocycles. The van der Waals surface area contributed by atoms with Crippen molar-refractivity contribution in [1.29, 1.82) is 5.26 Å². The molecule has 28 heavy (non-hydrogen) atoms. The van der Waals surface area contributed by atoms with Gasteiger partial charge in [-0.25, -0.2) is 9.97 Å². The second-order valence-corrected chi connectivity index (χ2v) is 6.67. The Morgan fingerprint density at radius 3 is 2.39 bits per heavy atom. The Hall–Kier alpha value is -3.66. The van der Waals surface area contributed by atoms with Crippen LogP contribution in [0.5, 0.6) is 0 Å². The van der Waals surface area contributed by atoms with Crippen LogP contribution in [0.1, 0.15) is 11.3 Å². The van der Waals surface area contributed by atoms with E-state index in [9.17, 15) is 0 Å². The number of benzene rings is 1. The molecule has 1 fully saturated rings. The van der Waals surface area contributed by atoms with Crippen LogP contribution in [-0.2, 0) is 0 Å². The zero-order valence-corrected chi connectivity index (χ0v) is 15.7. The highest BCUT2D eigenvalue weighted by Crippen LogP contribution is 2.21. The maximum absolute atomic E-state index is 8.92. The number of nitriles is 1. The van der Waals surface area contributed by atoms with Crippen molar-refractivity contribution >= 4 is 23.3 Å². The number of nitrogens with zero attached hydrogens (tertiary/aromatic N) is 6. The van der Waals surface area contributed by atoms with E-state index in [1.807, 2.05) is 49.5 Å². The summed E-state index contributed by atoms with van der Waals surface area (Å²) in [4.78, 5) is 18.2. The summed E-state index contributed by atoms with van der Waals surface area (Å²) in [5.74, 6) is 2.49. The molecule has 0 aliphatic carbocycles. The number of anilines is 4. The second-order valence-electron chi connectivity index (χ2n) is 6.67. The minimum Gasteiger partial charge on any atom is -0.353 e. The molecule has 1 saturated heterocycles. The van der Waals surface area contributed by atoms with E-state index < -0.39 is 0 Å². The predicted octanol–water partition coefficient (Wildman–Crippen LogP) is 3.12. The maximum atomic E-state index is 8.92. The lowest BCUT2D eigenvalue weighted by Gasteiger charge is -2.35. The molecule has 0 unspecified atom stereocenters. The van der Waals surface area contributed by atoms with Crippen molar-refractivity contribution in [3.05, 3.63) is 66.0 Å². The lowest BCUT2D eigenvalue weighted by Crippen LogP contribution is -2.47. The summed E-state index contributed by atoms with van der Waals surface area (Å²) in [5, 5.41) is 12.2. The van der Waals surface area contributed by atoms with Crippen molar-refractivity contribution in [2.24, 2.45) is 0 Å². The third-order valence-corrected chi connectivity index (χ3v) is 4.66. The van der Waals surface area contributed by atoms with Crippen LogP contribution in [0.25, 0.3) is 0 Å². The van der Waals surface area contributed by atoms with Gasteiger partial charge in [-0.3, -0.25) is 0 Å². The lowest BCUT2D eigenvalue weighted by molar-refractivity contribution is 0.634. The Balaban J connectivity index is 1.46. The van der Waals surface area contributed by atoms with Crippen LogP contribution >= 0.6 is 0 Å². The smallest absolute Gasteiger partial charge is 0.227 e. The van der Waals surface area contributed by atoms with Gasteiger partial charge in [0.15, 0.2) is 0 Å². The lowest BCUT2D eigenvalue weighted by atomic mass is 10.2. The highest BCUT2D eigenvalue weighted by atomic mass is 15.3. The first kappa shape index (κ1) is 17.7. The van der Waals surface area contributed by atoms with Crippen LogP contribution in [0.15, 0.2) is 54.7 Å².